The Morgan fingerprint density at radius 2 is 2.37 bits per heavy atom. The number of halogens is 1. The first kappa shape index (κ1) is 14.5. The maximum atomic E-state index is 11.1. The van der Waals surface area contributed by atoms with E-state index in [1.54, 1.807) is 11.3 Å². The number of thiophene rings is 1. The Balaban J connectivity index is 1.78. The van der Waals surface area contributed by atoms with Crippen molar-refractivity contribution in [3.05, 3.63) is 31.9 Å². The number of carbonyl (C=O) groups is 1. The van der Waals surface area contributed by atoms with Crippen LogP contribution in [0.25, 0.3) is 0 Å². The highest BCUT2D eigenvalue weighted by Crippen LogP contribution is 2.22. The van der Waals surface area contributed by atoms with Gasteiger partial charge in [0.2, 0.25) is 0 Å². The van der Waals surface area contributed by atoms with E-state index in [1.807, 2.05) is 5.38 Å². The summed E-state index contributed by atoms with van der Waals surface area (Å²) in [6.07, 6.45) is 1.19. The molecular formula is C12H13BrN2O2S2. The van der Waals surface area contributed by atoms with Gasteiger partial charge in [-0.3, -0.25) is 4.79 Å². The van der Waals surface area contributed by atoms with Crippen molar-refractivity contribution in [2.75, 3.05) is 19.0 Å². The van der Waals surface area contributed by atoms with Crippen molar-refractivity contribution in [2.45, 2.75) is 12.8 Å². The maximum Gasteiger partial charge on any atom is 0.311 e. The minimum Gasteiger partial charge on any atom is -0.469 e. The number of aromatic nitrogens is 1. The summed E-state index contributed by atoms with van der Waals surface area (Å²) in [4.78, 5) is 16.8. The molecule has 0 saturated carbocycles. The number of carbonyl (C=O) groups excluding carboxylic acids is 1. The summed E-state index contributed by atoms with van der Waals surface area (Å²) in [6, 6.07) is 4.17. The number of esters is 1. The fourth-order valence-corrected chi connectivity index (χ4v) is 3.69. The fourth-order valence-electron chi connectivity index (χ4n) is 1.47. The summed E-state index contributed by atoms with van der Waals surface area (Å²) in [5.41, 5.74) is 0.748. The molecule has 102 valence electrons. The van der Waals surface area contributed by atoms with Gasteiger partial charge >= 0.3 is 5.97 Å². The zero-order valence-corrected chi connectivity index (χ0v) is 13.5. The Morgan fingerprint density at radius 1 is 1.53 bits per heavy atom. The molecule has 1 N–H and O–H groups in total. The first-order valence-corrected chi connectivity index (χ1v) is 8.15. The zero-order chi connectivity index (χ0) is 13.7. The molecule has 0 aromatic carbocycles. The molecule has 0 atom stereocenters. The van der Waals surface area contributed by atoms with Gasteiger partial charge in [-0.05, 0) is 34.5 Å². The summed E-state index contributed by atoms with van der Waals surface area (Å²) in [5.74, 6) is -0.264. The number of thiazole rings is 1. The molecule has 0 saturated heterocycles. The van der Waals surface area contributed by atoms with Gasteiger partial charge in [-0.25, -0.2) is 4.98 Å². The molecule has 2 aromatic rings. The van der Waals surface area contributed by atoms with E-state index >= 15 is 0 Å². The topological polar surface area (TPSA) is 51.2 Å². The SMILES string of the molecule is COC(=O)Cc1csc(NCCc2ccc(Br)s2)n1. The van der Waals surface area contributed by atoms with Crippen LogP contribution >= 0.6 is 38.6 Å². The summed E-state index contributed by atoms with van der Waals surface area (Å²) in [7, 11) is 1.38. The quantitative estimate of drug-likeness (QED) is 0.802. The molecule has 7 heteroatoms. The summed E-state index contributed by atoms with van der Waals surface area (Å²) >= 11 is 6.69. The van der Waals surface area contributed by atoms with Crippen molar-refractivity contribution in [3.63, 3.8) is 0 Å². The van der Waals surface area contributed by atoms with E-state index in [0.29, 0.717) is 0 Å². The van der Waals surface area contributed by atoms with Crippen molar-refractivity contribution >= 4 is 49.7 Å². The Morgan fingerprint density at radius 3 is 3.05 bits per heavy atom. The van der Waals surface area contributed by atoms with Gasteiger partial charge in [-0.1, -0.05) is 0 Å². The van der Waals surface area contributed by atoms with Gasteiger partial charge in [-0.15, -0.1) is 22.7 Å². The molecular weight excluding hydrogens is 348 g/mol. The van der Waals surface area contributed by atoms with Crippen LogP contribution in [-0.2, 0) is 22.4 Å². The fraction of sp³-hybridized carbons (Fsp3) is 0.333. The zero-order valence-electron chi connectivity index (χ0n) is 10.3. The number of hydrogen-bond acceptors (Lipinski definition) is 6. The predicted octanol–water partition coefficient (Wildman–Crippen LogP) is 3.34. The third-order valence-corrected chi connectivity index (χ3v) is 4.91. The first-order chi connectivity index (χ1) is 9.17. The predicted molar refractivity (Wildman–Crippen MR) is 82.0 cm³/mol. The number of ether oxygens (including phenoxy) is 1. The van der Waals surface area contributed by atoms with Crippen molar-refractivity contribution in [1.29, 1.82) is 0 Å². The van der Waals surface area contributed by atoms with E-state index in [2.05, 4.69) is 43.1 Å². The second-order valence-corrected chi connectivity index (χ2v) is 7.19. The van der Waals surface area contributed by atoms with Crippen LogP contribution in [0.1, 0.15) is 10.6 Å². The minimum absolute atomic E-state index is 0.229. The van der Waals surface area contributed by atoms with E-state index < -0.39 is 0 Å². The summed E-state index contributed by atoms with van der Waals surface area (Å²) in [5, 5.41) is 5.98. The molecule has 0 aliphatic carbocycles. The maximum absolute atomic E-state index is 11.1. The molecule has 0 fully saturated rings. The highest BCUT2D eigenvalue weighted by molar-refractivity contribution is 9.11. The minimum atomic E-state index is -0.264. The second-order valence-electron chi connectivity index (χ2n) is 3.78. The lowest BCUT2D eigenvalue weighted by molar-refractivity contribution is -0.139. The number of nitrogens with one attached hydrogen (secondary N) is 1. The highest BCUT2D eigenvalue weighted by atomic mass is 79.9. The average molecular weight is 361 g/mol. The molecule has 0 radical (unpaired) electrons. The average Bonchev–Trinajstić information content (AvgIpc) is 2.99. The van der Waals surface area contributed by atoms with Gasteiger partial charge in [0.05, 0.1) is 23.0 Å². The van der Waals surface area contributed by atoms with Crippen LogP contribution in [0.3, 0.4) is 0 Å². The number of methoxy groups -OCH3 is 1. The van der Waals surface area contributed by atoms with Crippen LogP contribution in [-0.4, -0.2) is 24.6 Å². The largest absolute Gasteiger partial charge is 0.469 e. The molecule has 0 bridgehead atoms. The molecule has 0 aliphatic heterocycles. The summed E-state index contributed by atoms with van der Waals surface area (Å²) in [6.45, 7) is 0.831. The van der Waals surface area contributed by atoms with Crippen LogP contribution in [0.2, 0.25) is 0 Å². The third kappa shape index (κ3) is 4.59. The molecule has 0 spiro atoms. The Hall–Kier alpha value is -0.920. The van der Waals surface area contributed by atoms with Gasteiger partial charge in [0.1, 0.15) is 0 Å². The molecule has 0 unspecified atom stereocenters. The number of rotatable bonds is 6. The lowest BCUT2D eigenvalue weighted by atomic mass is 10.3. The van der Waals surface area contributed by atoms with Gasteiger partial charge in [0, 0.05) is 16.8 Å². The van der Waals surface area contributed by atoms with E-state index in [-0.39, 0.29) is 12.4 Å². The monoisotopic (exact) mass is 360 g/mol. The molecule has 2 aromatic heterocycles. The van der Waals surface area contributed by atoms with E-state index in [4.69, 9.17) is 0 Å². The third-order valence-electron chi connectivity index (χ3n) is 2.38. The van der Waals surface area contributed by atoms with Crippen LogP contribution in [0.4, 0.5) is 5.13 Å². The molecule has 2 heterocycles. The van der Waals surface area contributed by atoms with Gasteiger partial charge < -0.3 is 10.1 Å². The molecule has 19 heavy (non-hydrogen) atoms. The lowest BCUT2D eigenvalue weighted by Gasteiger charge is -2.00. The highest BCUT2D eigenvalue weighted by Gasteiger charge is 2.07. The standard InChI is InChI=1S/C12H13BrN2O2S2/c1-17-11(16)6-8-7-18-12(15-8)14-5-4-9-2-3-10(13)19-9/h2-3,7H,4-6H2,1H3,(H,14,15). The smallest absolute Gasteiger partial charge is 0.311 e. The van der Waals surface area contributed by atoms with E-state index in [0.717, 1.165) is 27.6 Å². The van der Waals surface area contributed by atoms with Gasteiger partial charge in [0.15, 0.2) is 5.13 Å². The van der Waals surface area contributed by atoms with Crippen LogP contribution in [0.5, 0.6) is 0 Å². The lowest BCUT2D eigenvalue weighted by Crippen LogP contribution is -2.06. The van der Waals surface area contributed by atoms with E-state index in [1.165, 1.54) is 23.3 Å². The van der Waals surface area contributed by atoms with Gasteiger partial charge in [-0.2, -0.15) is 0 Å². The Kier molecular flexibility index (Phi) is 5.35. The summed E-state index contributed by atoms with van der Waals surface area (Å²) < 4.78 is 5.76. The number of nitrogens with zero attached hydrogens (tertiary/aromatic N) is 1. The normalized spacial score (nSPS) is 10.4. The van der Waals surface area contributed by atoms with Crippen molar-refractivity contribution in [1.82, 2.24) is 4.98 Å². The van der Waals surface area contributed by atoms with Crippen molar-refractivity contribution < 1.29 is 9.53 Å². The second kappa shape index (κ2) is 7.02. The van der Waals surface area contributed by atoms with Gasteiger partial charge in [0.25, 0.3) is 0 Å². The Bertz CT molecular complexity index is 553. The number of anilines is 1. The molecule has 0 aliphatic rings. The van der Waals surface area contributed by atoms with Crippen LogP contribution in [0.15, 0.2) is 21.3 Å². The van der Waals surface area contributed by atoms with Crippen molar-refractivity contribution in [3.8, 4) is 0 Å². The van der Waals surface area contributed by atoms with Crippen molar-refractivity contribution in [2.24, 2.45) is 0 Å². The Labute approximate surface area is 128 Å². The molecule has 0 amide bonds. The first-order valence-electron chi connectivity index (χ1n) is 5.66. The van der Waals surface area contributed by atoms with Crippen LogP contribution in [0, 0.1) is 0 Å². The molecule has 4 nitrogen and oxygen atoms in total. The van der Waals surface area contributed by atoms with E-state index in [9.17, 15) is 4.79 Å². The molecule has 2 rings (SSSR count). The van der Waals surface area contributed by atoms with Crippen LogP contribution < -0.4 is 5.32 Å². The number of hydrogen-bond donors (Lipinski definition) is 1.